The second kappa shape index (κ2) is 4.50. The summed E-state index contributed by atoms with van der Waals surface area (Å²) in [5.74, 6) is -0.966. The lowest BCUT2D eigenvalue weighted by atomic mass is 10.0. The van der Waals surface area contributed by atoms with Crippen LogP contribution in [-0.2, 0) is 24.3 Å². The van der Waals surface area contributed by atoms with Gasteiger partial charge in [-0.15, -0.1) is 0 Å². The van der Waals surface area contributed by atoms with Gasteiger partial charge in [0.05, 0.1) is 19.4 Å². The van der Waals surface area contributed by atoms with E-state index in [-0.39, 0.29) is 13.2 Å². The minimum Gasteiger partial charge on any atom is -0.465 e. The molecule has 1 aliphatic carbocycles. The molecule has 0 saturated heterocycles. The van der Waals surface area contributed by atoms with Crippen molar-refractivity contribution >= 4 is 21.8 Å². The first-order chi connectivity index (χ1) is 7.32. The molecule has 0 unspecified atom stereocenters. The number of nitrogens with one attached hydrogen (secondary N) is 1. The van der Waals surface area contributed by atoms with Crippen LogP contribution in [0, 0.1) is 5.41 Å². The fraction of sp³-hybridized carbons (Fsp3) is 0.778. The summed E-state index contributed by atoms with van der Waals surface area (Å²) in [5, 5.41) is 0. The molecule has 1 aliphatic rings. The van der Waals surface area contributed by atoms with E-state index in [1.54, 1.807) is 6.92 Å². The normalized spacial score (nSPS) is 17.9. The van der Waals surface area contributed by atoms with Crippen molar-refractivity contribution in [3.63, 3.8) is 0 Å². The number of sulfonamides is 1. The van der Waals surface area contributed by atoms with E-state index in [1.807, 2.05) is 0 Å². The lowest BCUT2D eigenvalue weighted by Crippen LogP contribution is -2.37. The molecule has 0 spiro atoms. The monoisotopic (exact) mass is 249 g/mol. The number of Topliss-reactive ketones (excluding diaryl/α,β-unsaturated/α-hetero) is 1. The van der Waals surface area contributed by atoms with Gasteiger partial charge < -0.3 is 4.74 Å². The molecule has 0 atom stereocenters. The Morgan fingerprint density at radius 2 is 1.94 bits per heavy atom. The molecule has 1 saturated carbocycles. The van der Waals surface area contributed by atoms with Gasteiger partial charge >= 0.3 is 5.97 Å². The average molecular weight is 249 g/mol. The first kappa shape index (κ1) is 13.1. The molecule has 92 valence electrons. The maximum atomic E-state index is 11.7. The number of ether oxygens (including phenoxy) is 1. The van der Waals surface area contributed by atoms with Gasteiger partial charge in [0, 0.05) is 0 Å². The van der Waals surface area contributed by atoms with Crippen molar-refractivity contribution in [1.82, 2.24) is 4.72 Å². The van der Waals surface area contributed by atoms with Crippen molar-refractivity contribution in [2.75, 3.05) is 19.4 Å². The zero-order chi connectivity index (χ0) is 12.4. The summed E-state index contributed by atoms with van der Waals surface area (Å²) in [6, 6.07) is 0. The zero-order valence-electron chi connectivity index (χ0n) is 9.28. The Hall–Kier alpha value is -0.950. The molecule has 0 aromatic carbocycles. The van der Waals surface area contributed by atoms with Gasteiger partial charge in [-0.3, -0.25) is 9.59 Å². The van der Waals surface area contributed by atoms with Gasteiger partial charge in [-0.2, -0.15) is 0 Å². The molecule has 0 amide bonds. The number of hydrogen-bond donors (Lipinski definition) is 1. The second-order valence-electron chi connectivity index (χ2n) is 3.82. The summed E-state index contributed by atoms with van der Waals surface area (Å²) >= 11 is 0. The highest BCUT2D eigenvalue weighted by Crippen LogP contribution is 2.47. The van der Waals surface area contributed by atoms with Crippen LogP contribution in [0.4, 0.5) is 0 Å². The van der Waals surface area contributed by atoms with E-state index >= 15 is 0 Å². The van der Waals surface area contributed by atoms with E-state index in [9.17, 15) is 18.0 Å². The maximum Gasteiger partial charge on any atom is 0.319 e. The molecule has 7 heteroatoms. The molecule has 1 rings (SSSR count). The van der Waals surface area contributed by atoms with E-state index in [4.69, 9.17) is 4.74 Å². The van der Waals surface area contributed by atoms with Crippen LogP contribution in [0.3, 0.4) is 0 Å². The Labute approximate surface area is 94.4 Å². The predicted molar refractivity (Wildman–Crippen MR) is 56.2 cm³/mol. The third-order valence-corrected chi connectivity index (χ3v) is 3.11. The summed E-state index contributed by atoms with van der Waals surface area (Å²) in [7, 11) is -3.41. The van der Waals surface area contributed by atoms with E-state index in [1.165, 1.54) is 0 Å². The minimum atomic E-state index is -3.41. The smallest absolute Gasteiger partial charge is 0.319 e. The predicted octanol–water partition coefficient (Wildman–Crippen LogP) is -0.552. The lowest BCUT2D eigenvalue weighted by molar-refractivity contribution is -0.153. The van der Waals surface area contributed by atoms with Crippen LogP contribution in [0.2, 0.25) is 0 Å². The van der Waals surface area contributed by atoms with Crippen molar-refractivity contribution < 1.29 is 22.7 Å². The number of esters is 1. The van der Waals surface area contributed by atoms with Gasteiger partial charge in [0.25, 0.3) is 0 Å². The van der Waals surface area contributed by atoms with E-state index in [0.29, 0.717) is 12.8 Å². The highest BCUT2D eigenvalue weighted by atomic mass is 32.2. The first-order valence-corrected chi connectivity index (χ1v) is 6.86. The molecule has 0 heterocycles. The first-order valence-electron chi connectivity index (χ1n) is 4.97. The van der Waals surface area contributed by atoms with Crippen LogP contribution in [-0.4, -0.2) is 39.6 Å². The Morgan fingerprint density at radius 3 is 2.31 bits per heavy atom. The highest BCUT2D eigenvalue weighted by Gasteiger charge is 2.57. The van der Waals surface area contributed by atoms with Gasteiger partial charge in [-0.1, -0.05) is 0 Å². The fourth-order valence-electron chi connectivity index (χ4n) is 1.36. The molecule has 0 aromatic heterocycles. The molecular formula is C9H15NO5S. The number of rotatable bonds is 6. The van der Waals surface area contributed by atoms with Crippen molar-refractivity contribution in [2.24, 2.45) is 5.41 Å². The quantitative estimate of drug-likeness (QED) is 0.504. The molecule has 1 N–H and O–H groups in total. The maximum absolute atomic E-state index is 11.7. The van der Waals surface area contributed by atoms with Gasteiger partial charge in [0.1, 0.15) is 5.41 Å². The Morgan fingerprint density at radius 1 is 1.38 bits per heavy atom. The van der Waals surface area contributed by atoms with Gasteiger partial charge in [-0.05, 0) is 19.8 Å². The van der Waals surface area contributed by atoms with Crippen LogP contribution < -0.4 is 4.72 Å². The van der Waals surface area contributed by atoms with E-state index in [2.05, 4.69) is 4.72 Å². The van der Waals surface area contributed by atoms with Gasteiger partial charge in [-0.25, -0.2) is 13.1 Å². The van der Waals surface area contributed by atoms with Crippen LogP contribution >= 0.6 is 0 Å². The highest BCUT2D eigenvalue weighted by molar-refractivity contribution is 7.88. The van der Waals surface area contributed by atoms with Gasteiger partial charge in [0.2, 0.25) is 10.0 Å². The topological polar surface area (TPSA) is 89.5 Å². The molecule has 6 nitrogen and oxygen atoms in total. The second-order valence-corrected chi connectivity index (χ2v) is 5.65. The number of ketones is 1. The molecule has 1 fully saturated rings. The minimum absolute atomic E-state index is 0.216. The SMILES string of the molecule is CCOC(=O)C1(C(=O)CNS(C)(=O)=O)CC1. The third-order valence-electron chi connectivity index (χ3n) is 2.44. The Balaban J connectivity index is 2.57. The number of hydrogen-bond acceptors (Lipinski definition) is 5. The Kier molecular flexibility index (Phi) is 3.69. The molecule has 0 aromatic rings. The summed E-state index contributed by atoms with van der Waals surface area (Å²) in [6.45, 7) is 1.53. The van der Waals surface area contributed by atoms with Crippen LogP contribution in [0.25, 0.3) is 0 Å². The van der Waals surface area contributed by atoms with Crippen LogP contribution in [0.15, 0.2) is 0 Å². The lowest BCUT2D eigenvalue weighted by Gasteiger charge is -2.12. The summed E-state index contributed by atoms with van der Waals surface area (Å²) in [6.07, 6.45) is 1.84. The Bertz CT molecular complexity index is 396. The standard InChI is InChI=1S/C9H15NO5S/c1-3-15-8(12)9(4-5-9)7(11)6-10-16(2,13)14/h10H,3-6H2,1-2H3. The van der Waals surface area contributed by atoms with Crippen molar-refractivity contribution in [3.8, 4) is 0 Å². The van der Waals surface area contributed by atoms with Crippen LogP contribution in [0.1, 0.15) is 19.8 Å². The zero-order valence-corrected chi connectivity index (χ0v) is 10.1. The molecule has 16 heavy (non-hydrogen) atoms. The molecule has 0 aliphatic heterocycles. The van der Waals surface area contributed by atoms with Crippen molar-refractivity contribution in [1.29, 1.82) is 0 Å². The van der Waals surface area contributed by atoms with E-state index < -0.39 is 27.2 Å². The molecular weight excluding hydrogens is 234 g/mol. The molecule has 0 bridgehead atoms. The van der Waals surface area contributed by atoms with E-state index in [0.717, 1.165) is 6.26 Å². The van der Waals surface area contributed by atoms with Gasteiger partial charge in [0.15, 0.2) is 5.78 Å². The number of carbonyl (C=O) groups is 2. The van der Waals surface area contributed by atoms with Crippen LogP contribution in [0.5, 0.6) is 0 Å². The van der Waals surface area contributed by atoms with Crippen molar-refractivity contribution in [3.05, 3.63) is 0 Å². The summed E-state index contributed by atoms with van der Waals surface area (Å²) in [5.41, 5.74) is -1.09. The number of carbonyl (C=O) groups excluding carboxylic acids is 2. The van der Waals surface area contributed by atoms with Crippen molar-refractivity contribution in [2.45, 2.75) is 19.8 Å². The summed E-state index contributed by atoms with van der Waals surface area (Å²) in [4.78, 5) is 23.1. The third kappa shape index (κ3) is 3.02. The largest absolute Gasteiger partial charge is 0.465 e. The fourth-order valence-corrected chi connectivity index (χ4v) is 1.75. The molecule has 0 radical (unpaired) electrons. The summed E-state index contributed by atoms with van der Waals surface area (Å²) < 4.78 is 28.5. The average Bonchev–Trinajstić information content (AvgIpc) is 2.94.